The van der Waals surface area contributed by atoms with Crippen LogP contribution in [-0.4, -0.2) is 41.4 Å². The minimum Gasteiger partial charge on any atom is -0.490 e. The number of rotatable bonds is 7. The molecule has 8 heteroatoms. The van der Waals surface area contributed by atoms with E-state index in [0.29, 0.717) is 29.8 Å². The number of hydrogen-bond acceptors (Lipinski definition) is 6. The number of fused-ring (bicyclic) bond motifs is 2. The highest BCUT2D eigenvalue weighted by Gasteiger charge is 2.49. The molecule has 1 heterocycles. The van der Waals surface area contributed by atoms with Gasteiger partial charge in [-0.05, 0) is 73.4 Å². The Morgan fingerprint density at radius 1 is 1.03 bits per heavy atom. The molecule has 2 bridgehead atoms. The number of nitrogens with zero attached hydrogens (tertiary/aromatic N) is 1. The van der Waals surface area contributed by atoms with Crippen LogP contribution in [-0.2, 0) is 14.4 Å². The Morgan fingerprint density at radius 2 is 1.84 bits per heavy atom. The molecule has 1 aliphatic heterocycles. The van der Waals surface area contributed by atoms with Crippen molar-refractivity contribution >= 4 is 36.0 Å². The molecule has 3 fully saturated rings. The van der Waals surface area contributed by atoms with Crippen molar-refractivity contribution < 1.29 is 28.7 Å². The molecule has 2 saturated carbocycles. The first-order chi connectivity index (χ1) is 17.9. The van der Waals surface area contributed by atoms with Crippen LogP contribution in [0, 0.1) is 11.8 Å². The first-order valence-electron chi connectivity index (χ1n) is 12.5. The molecule has 0 aromatic heterocycles. The fourth-order valence-electron chi connectivity index (χ4n) is 5.50. The molecule has 1 saturated heterocycles. The van der Waals surface area contributed by atoms with Gasteiger partial charge in [0, 0.05) is 12.1 Å². The van der Waals surface area contributed by atoms with E-state index in [-0.39, 0.29) is 17.4 Å². The van der Waals surface area contributed by atoms with Gasteiger partial charge in [0.1, 0.15) is 5.57 Å². The Balaban J connectivity index is 1.36. The predicted octanol–water partition coefficient (Wildman–Crippen LogP) is 4.35. The minimum atomic E-state index is -0.728. The topological polar surface area (TPSA) is 102 Å². The largest absolute Gasteiger partial charge is 0.490 e. The third-order valence-corrected chi connectivity index (χ3v) is 7.17. The van der Waals surface area contributed by atoms with Crippen LogP contribution in [0.25, 0.3) is 12.2 Å². The van der Waals surface area contributed by atoms with Gasteiger partial charge in [-0.25, -0.2) is 9.59 Å². The van der Waals surface area contributed by atoms with E-state index in [1.807, 2.05) is 30.3 Å². The third kappa shape index (κ3) is 5.18. The van der Waals surface area contributed by atoms with E-state index in [4.69, 9.17) is 9.47 Å². The summed E-state index contributed by atoms with van der Waals surface area (Å²) in [6, 6.07) is 13.3. The average Bonchev–Trinajstić information content (AvgIpc) is 3.51. The van der Waals surface area contributed by atoms with Crippen molar-refractivity contribution in [2.75, 3.05) is 6.61 Å². The molecule has 1 N–H and O–H groups in total. The van der Waals surface area contributed by atoms with E-state index in [0.717, 1.165) is 31.2 Å². The van der Waals surface area contributed by atoms with Gasteiger partial charge in [-0.15, -0.1) is 0 Å². The van der Waals surface area contributed by atoms with Crippen molar-refractivity contribution in [3.05, 3.63) is 71.3 Å². The fraction of sp³-hybridized carbons (Fsp3) is 0.310. The number of amides is 4. The Bertz CT molecular complexity index is 1300. The quantitative estimate of drug-likeness (QED) is 0.262. The molecular formula is C29H28N2O6. The number of carbonyl (C=O) groups excluding carboxylic acids is 4. The molecule has 2 aliphatic carbocycles. The van der Waals surface area contributed by atoms with E-state index in [9.17, 15) is 19.2 Å². The summed E-state index contributed by atoms with van der Waals surface area (Å²) in [6.07, 6.45) is 8.36. The van der Waals surface area contributed by atoms with Gasteiger partial charge in [0.2, 0.25) is 0 Å². The molecule has 190 valence electrons. The van der Waals surface area contributed by atoms with Crippen LogP contribution in [0.5, 0.6) is 11.5 Å². The number of nitrogens with one attached hydrogen (secondary N) is 1. The van der Waals surface area contributed by atoms with Gasteiger partial charge in [0.25, 0.3) is 11.8 Å². The van der Waals surface area contributed by atoms with Gasteiger partial charge in [-0.1, -0.05) is 42.8 Å². The molecule has 37 heavy (non-hydrogen) atoms. The summed E-state index contributed by atoms with van der Waals surface area (Å²) in [4.78, 5) is 52.1. The van der Waals surface area contributed by atoms with Crippen LogP contribution >= 0.6 is 0 Å². The van der Waals surface area contributed by atoms with E-state index >= 15 is 0 Å². The van der Waals surface area contributed by atoms with Gasteiger partial charge in [-0.2, -0.15) is 0 Å². The number of carbonyl (C=O) groups is 4. The molecule has 0 unspecified atom stereocenters. The number of imide groups is 2. The molecule has 3 atom stereocenters. The van der Waals surface area contributed by atoms with Crippen molar-refractivity contribution in [1.82, 2.24) is 10.2 Å². The van der Waals surface area contributed by atoms with Gasteiger partial charge in [0.05, 0.1) is 6.61 Å². The highest BCUT2D eigenvalue weighted by Crippen LogP contribution is 2.47. The maximum atomic E-state index is 13.3. The van der Waals surface area contributed by atoms with Crippen molar-refractivity contribution in [3.63, 3.8) is 0 Å². The molecule has 2 aromatic rings. The van der Waals surface area contributed by atoms with Crippen LogP contribution in [0.4, 0.5) is 4.79 Å². The zero-order chi connectivity index (χ0) is 25.9. The second-order valence-corrected chi connectivity index (χ2v) is 9.54. The van der Waals surface area contributed by atoms with Crippen molar-refractivity contribution in [1.29, 1.82) is 0 Å². The SMILES string of the molecule is CCOc1cc(/C=C2\C(=O)NC(=O)N([C@H]3C[C@H]4CC[C@H]3C4)C2=O)ccc1OC(=O)/C=C/c1ccccc1. The Hall–Kier alpha value is -4.20. The van der Waals surface area contributed by atoms with E-state index in [2.05, 4.69) is 5.32 Å². The summed E-state index contributed by atoms with van der Waals surface area (Å²) in [7, 11) is 0. The molecule has 8 nitrogen and oxygen atoms in total. The zero-order valence-corrected chi connectivity index (χ0v) is 20.5. The zero-order valence-electron chi connectivity index (χ0n) is 20.5. The van der Waals surface area contributed by atoms with Crippen LogP contribution in [0.3, 0.4) is 0 Å². The lowest BCUT2D eigenvalue weighted by atomic mass is 9.93. The van der Waals surface area contributed by atoms with Crippen LogP contribution in [0.15, 0.2) is 60.2 Å². The first kappa shape index (κ1) is 24.5. The summed E-state index contributed by atoms with van der Waals surface area (Å²) in [6.45, 7) is 2.11. The smallest absolute Gasteiger partial charge is 0.336 e. The summed E-state index contributed by atoms with van der Waals surface area (Å²) >= 11 is 0. The summed E-state index contributed by atoms with van der Waals surface area (Å²) in [5, 5.41) is 2.32. The predicted molar refractivity (Wildman–Crippen MR) is 136 cm³/mol. The average molecular weight is 501 g/mol. The van der Waals surface area contributed by atoms with Crippen molar-refractivity contribution in [2.45, 2.75) is 38.6 Å². The Morgan fingerprint density at radius 3 is 2.54 bits per heavy atom. The highest BCUT2D eigenvalue weighted by atomic mass is 16.6. The van der Waals surface area contributed by atoms with Crippen LogP contribution in [0.1, 0.15) is 43.7 Å². The lowest BCUT2D eigenvalue weighted by Crippen LogP contribution is -2.58. The molecule has 5 rings (SSSR count). The molecule has 4 amide bonds. The second-order valence-electron chi connectivity index (χ2n) is 9.54. The number of urea groups is 1. The summed E-state index contributed by atoms with van der Waals surface area (Å²) in [5.74, 6) is -0.541. The maximum absolute atomic E-state index is 13.3. The number of esters is 1. The van der Waals surface area contributed by atoms with Gasteiger partial charge < -0.3 is 9.47 Å². The van der Waals surface area contributed by atoms with E-state index in [1.54, 1.807) is 31.2 Å². The summed E-state index contributed by atoms with van der Waals surface area (Å²) in [5.41, 5.74) is 1.25. The Kier molecular flexibility index (Phi) is 6.90. The maximum Gasteiger partial charge on any atom is 0.336 e. The normalized spacial score (nSPS) is 24.1. The van der Waals surface area contributed by atoms with Crippen LogP contribution in [0.2, 0.25) is 0 Å². The second kappa shape index (κ2) is 10.4. The molecule has 0 radical (unpaired) electrons. The minimum absolute atomic E-state index is 0.111. The molecule has 2 aromatic carbocycles. The van der Waals surface area contributed by atoms with Crippen LogP contribution < -0.4 is 14.8 Å². The third-order valence-electron chi connectivity index (χ3n) is 7.17. The molecule has 0 spiro atoms. The Labute approximate surface area is 214 Å². The molecular weight excluding hydrogens is 472 g/mol. The van der Waals surface area contributed by atoms with E-state index in [1.165, 1.54) is 17.1 Å². The van der Waals surface area contributed by atoms with E-state index < -0.39 is 23.8 Å². The number of hydrogen-bond donors (Lipinski definition) is 1. The monoisotopic (exact) mass is 500 g/mol. The summed E-state index contributed by atoms with van der Waals surface area (Å²) < 4.78 is 11.1. The standard InChI is InChI=1S/C29H28N2O6/c1-2-36-25-17-20(9-12-24(25)37-26(32)13-10-18-6-4-3-5-7-18)15-22-27(33)30-29(35)31(28(22)34)23-16-19-8-11-21(23)14-19/h3-7,9-10,12-13,15,17,19,21,23H,2,8,11,14,16H2,1H3,(H,30,33,35)/b13-10+,22-15+/t19-,21-,23-/m0/s1. The van der Waals surface area contributed by atoms with Gasteiger partial charge >= 0.3 is 12.0 Å². The van der Waals surface area contributed by atoms with Crippen molar-refractivity contribution in [2.24, 2.45) is 11.8 Å². The molecule has 3 aliphatic rings. The lowest BCUT2D eigenvalue weighted by molar-refractivity contribution is -0.132. The fourth-order valence-corrected chi connectivity index (χ4v) is 5.50. The van der Waals surface area contributed by atoms with Gasteiger partial charge in [-0.3, -0.25) is 19.8 Å². The van der Waals surface area contributed by atoms with Gasteiger partial charge in [0.15, 0.2) is 11.5 Å². The highest BCUT2D eigenvalue weighted by molar-refractivity contribution is 6.31. The number of barbiturate groups is 1. The number of ether oxygens (including phenoxy) is 2. The number of benzene rings is 2. The first-order valence-corrected chi connectivity index (χ1v) is 12.5. The van der Waals surface area contributed by atoms with Crippen molar-refractivity contribution in [3.8, 4) is 11.5 Å². The lowest BCUT2D eigenvalue weighted by Gasteiger charge is -2.35.